The average Bonchev–Trinajstić information content (AvgIpc) is 2.83. The van der Waals surface area contributed by atoms with Crippen molar-refractivity contribution in [3.63, 3.8) is 0 Å². The normalized spacial score (nSPS) is 10.9. The molecule has 178 valence electrons. The number of methoxy groups -OCH3 is 2. The first-order valence-electron chi connectivity index (χ1n) is 9.76. The number of nitrogens with one attached hydrogen (secondary N) is 1. The molecule has 1 amide bonds. The van der Waals surface area contributed by atoms with E-state index in [2.05, 4.69) is 10.1 Å². The van der Waals surface area contributed by atoms with Crippen molar-refractivity contribution in [1.29, 1.82) is 0 Å². The number of carbonyl (C=O) groups is 2. The SMILES string of the molecule is COC(=O)c1ccc(Cl)c(NC(=O)CN(c2cc(Cl)ccc2OC)S(=O)(=O)c2ccccc2)c1. The second kappa shape index (κ2) is 10.8. The molecule has 0 unspecified atom stereocenters. The number of hydrogen-bond acceptors (Lipinski definition) is 6. The topological polar surface area (TPSA) is 102 Å². The van der Waals surface area contributed by atoms with Crippen molar-refractivity contribution >= 4 is 56.5 Å². The number of ether oxygens (including phenoxy) is 2. The van der Waals surface area contributed by atoms with Gasteiger partial charge in [-0.25, -0.2) is 13.2 Å². The van der Waals surface area contributed by atoms with Crippen LogP contribution >= 0.6 is 23.2 Å². The zero-order chi connectivity index (χ0) is 24.9. The summed E-state index contributed by atoms with van der Waals surface area (Å²) >= 11 is 12.3. The monoisotopic (exact) mass is 522 g/mol. The summed E-state index contributed by atoms with van der Waals surface area (Å²) in [5.74, 6) is -1.14. The number of carbonyl (C=O) groups excluding carboxylic acids is 2. The van der Waals surface area contributed by atoms with E-state index in [1.807, 2.05) is 0 Å². The van der Waals surface area contributed by atoms with Crippen molar-refractivity contribution in [2.75, 3.05) is 30.4 Å². The van der Waals surface area contributed by atoms with E-state index >= 15 is 0 Å². The molecule has 0 radical (unpaired) electrons. The molecule has 0 saturated carbocycles. The zero-order valence-corrected chi connectivity index (χ0v) is 20.4. The summed E-state index contributed by atoms with van der Waals surface area (Å²) in [7, 11) is -1.60. The minimum atomic E-state index is -4.20. The van der Waals surface area contributed by atoms with Crippen LogP contribution in [-0.2, 0) is 19.6 Å². The molecule has 0 aliphatic rings. The number of hydrogen-bond donors (Lipinski definition) is 1. The number of esters is 1. The Morgan fingerprint density at radius 2 is 1.68 bits per heavy atom. The molecule has 0 aromatic heterocycles. The Bertz CT molecular complexity index is 1320. The van der Waals surface area contributed by atoms with Crippen LogP contribution in [0.5, 0.6) is 5.75 Å². The first kappa shape index (κ1) is 25.4. The summed E-state index contributed by atoms with van der Waals surface area (Å²) in [5.41, 5.74) is 0.348. The van der Waals surface area contributed by atoms with E-state index in [1.165, 1.54) is 62.8 Å². The molecule has 8 nitrogen and oxygen atoms in total. The number of nitrogens with zero attached hydrogens (tertiary/aromatic N) is 1. The molecular formula is C23H20Cl2N2O6S. The van der Waals surface area contributed by atoms with Gasteiger partial charge < -0.3 is 14.8 Å². The van der Waals surface area contributed by atoms with Gasteiger partial charge >= 0.3 is 5.97 Å². The molecule has 0 fully saturated rings. The summed E-state index contributed by atoms with van der Waals surface area (Å²) in [4.78, 5) is 24.8. The third-order valence-corrected chi connectivity index (χ3v) is 7.03. The van der Waals surface area contributed by atoms with Gasteiger partial charge in [-0.1, -0.05) is 41.4 Å². The predicted octanol–water partition coefficient (Wildman–Crippen LogP) is 4.62. The molecule has 0 aliphatic heterocycles. The predicted molar refractivity (Wildman–Crippen MR) is 130 cm³/mol. The fourth-order valence-electron chi connectivity index (χ4n) is 3.06. The number of halogens is 2. The van der Waals surface area contributed by atoms with Gasteiger partial charge in [0.05, 0.1) is 41.1 Å². The molecule has 0 aliphatic carbocycles. The van der Waals surface area contributed by atoms with Gasteiger partial charge in [0.2, 0.25) is 5.91 Å². The Kier molecular flexibility index (Phi) is 8.03. The van der Waals surface area contributed by atoms with Crippen LogP contribution in [0.1, 0.15) is 10.4 Å². The third-order valence-electron chi connectivity index (χ3n) is 4.69. The van der Waals surface area contributed by atoms with Crippen molar-refractivity contribution in [3.05, 3.63) is 82.3 Å². The fraction of sp³-hybridized carbons (Fsp3) is 0.130. The maximum atomic E-state index is 13.5. The third kappa shape index (κ3) is 5.61. The first-order chi connectivity index (χ1) is 16.2. The summed E-state index contributed by atoms with van der Waals surface area (Å²) in [6, 6.07) is 16.2. The fourth-order valence-corrected chi connectivity index (χ4v) is 4.84. The second-order valence-corrected chi connectivity index (χ2v) is 9.58. The van der Waals surface area contributed by atoms with Gasteiger partial charge in [0.1, 0.15) is 12.3 Å². The molecule has 0 saturated heterocycles. The molecule has 3 aromatic rings. The maximum Gasteiger partial charge on any atom is 0.337 e. The Hall–Kier alpha value is -3.27. The van der Waals surface area contributed by atoms with E-state index in [1.54, 1.807) is 18.2 Å². The molecule has 1 N–H and O–H groups in total. The highest BCUT2D eigenvalue weighted by Gasteiger charge is 2.30. The van der Waals surface area contributed by atoms with Crippen molar-refractivity contribution in [1.82, 2.24) is 0 Å². The van der Waals surface area contributed by atoms with Gasteiger partial charge in [-0.3, -0.25) is 9.10 Å². The number of rotatable bonds is 8. The van der Waals surface area contributed by atoms with Gasteiger partial charge in [-0.05, 0) is 48.5 Å². The van der Waals surface area contributed by atoms with Gasteiger partial charge in [-0.2, -0.15) is 0 Å². The number of sulfonamides is 1. The number of benzene rings is 3. The molecule has 3 aromatic carbocycles. The van der Waals surface area contributed by atoms with Gasteiger partial charge in [0, 0.05) is 5.02 Å². The van der Waals surface area contributed by atoms with Gasteiger partial charge in [0.15, 0.2) is 0 Å². The highest BCUT2D eigenvalue weighted by Crippen LogP contribution is 2.35. The highest BCUT2D eigenvalue weighted by molar-refractivity contribution is 7.92. The Labute approximate surface area is 207 Å². The van der Waals surface area contributed by atoms with Crippen molar-refractivity contribution in [3.8, 4) is 5.75 Å². The van der Waals surface area contributed by atoms with E-state index < -0.39 is 28.4 Å². The quantitative estimate of drug-likeness (QED) is 0.433. The maximum absolute atomic E-state index is 13.5. The van der Waals surface area contributed by atoms with Gasteiger partial charge in [0.25, 0.3) is 10.0 Å². The van der Waals surface area contributed by atoms with E-state index in [4.69, 9.17) is 27.9 Å². The van der Waals surface area contributed by atoms with Crippen LogP contribution in [0, 0.1) is 0 Å². The minimum absolute atomic E-state index is 0.0319. The Morgan fingerprint density at radius 1 is 0.971 bits per heavy atom. The van der Waals surface area contributed by atoms with Crippen LogP contribution in [0.15, 0.2) is 71.6 Å². The first-order valence-corrected chi connectivity index (χ1v) is 12.0. The van der Waals surface area contributed by atoms with E-state index in [9.17, 15) is 18.0 Å². The standard InChI is InChI=1S/C23H20Cl2N2O6S/c1-32-21-11-9-16(24)13-20(21)27(34(30,31)17-6-4-3-5-7-17)14-22(28)26-19-12-15(23(29)33-2)8-10-18(19)25/h3-13H,14H2,1-2H3,(H,26,28). The van der Waals surface area contributed by atoms with Gasteiger partial charge in [-0.15, -0.1) is 0 Å². The van der Waals surface area contributed by atoms with E-state index in [0.29, 0.717) is 0 Å². The molecular weight excluding hydrogens is 503 g/mol. The van der Waals surface area contributed by atoms with Crippen LogP contribution in [0.2, 0.25) is 10.0 Å². The van der Waals surface area contributed by atoms with Crippen LogP contribution in [0.25, 0.3) is 0 Å². The van der Waals surface area contributed by atoms with Crippen LogP contribution in [-0.4, -0.2) is 41.1 Å². The lowest BCUT2D eigenvalue weighted by molar-refractivity contribution is -0.114. The molecule has 11 heteroatoms. The smallest absolute Gasteiger partial charge is 0.337 e. The average molecular weight is 523 g/mol. The van der Waals surface area contributed by atoms with Crippen LogP contribution < -0.4 is 14.4 Å². The van der Waals surface area contributed by atoms with Crippen molar-refractivity contribution in [2.24, 2.45) is 0 Å². The van der Waals surface area contributed by atoms with Crippen molar-refractivity contribution < 1.29 is 27.5 Å². The lowest BCUT2D eigenvalue weighted by Gasteiger charge is -2.26. The largest absolute Gasteiger partial charge is 0.495 e. The van der Waals surface area contributed by atoms with E-state index in [-0.39, 0.29) is 37.6 Å². The molecule has 3 rings (SSSR count). The Balaban J connectivity index is 2.01. The van der Waals surface area contributed by atoms with Crippen LogP contribution in [0.4, 0.5) is 11.4 Å². The molecule has 0 spiro atoms. The van der Waals surface area contributed by atoms with Crippen molar-refractivity contribution in [2.45, 2.75) is 4.90 Å². The molecule has 34 heavy (non-hydrogen) atoms. The Morgan fingerprint density at radius 3 is 2.32 bits per heavy atom. The summed E-state index contributed by atoms with van der Waals surface area (Å²) < 4.78 is 37.9. The molecule has 0 atom stereocenters. The lowest BCUT2D eigenvalue weighted by Crippen LogP contribution is -2.38. The zero-order valence-electron chi connectivity index (χ0n) is 18.1. The molecule has 0 bridgehead atoms. The second-order valence-electron chi connectivity index (χ2n) is 6.88. The minimum Gasteiger partial charge on any atom is -0.495 e. The summed E-state index contributed by atoms with van der Waals surface area (Å²) in [6.45, 7) is -0.632. The highest BCUT2D eigenvalue weighted by atomic mass is 35.5. The number of anilines is 2. The summed E-state index contributed by atoms with van der Waals surface area (Å²) in [6.07, 6.45) is 0. The summed E-state index contributed by atoms with van der Waals surface area (Å²) in [5, 5.41) is 2.95. The van der Waals surface area contributed by atoms with E-state index in [0.717, 1.165) is 4.31 Å². The lowest BCUT2D eigenvalue weighted by atomic mass is 10.2. The van der Waals surface area contributed by atoms with Crippen LogP contribution in [0.3, 0.4) is 0 Å². The molecule has 0 heterocycles. The number of amides is 1.